The fraction of sp³-hybridized carbons (Fsp3) is 0.538. The average molecular weight is 222 g/mol. The SMILES string of the molecule is COCC(C)Oc1ccc2c(c1)CCC2O. The van der Waals surface area contributed by atoms with Crippen LogP contribution >= 0.6 is 0 Å². The van der Waals surface area contributed by atoms with Crippen molar-refractivity contribution in [3.05, 3.63) is 29.3 Å². The smallest absolute Gasteiger partial charge is 0.120 e. The number of hydrogen-bond acceptors (Lipinski definition) is 3. The second-order valence-corrected chi connectivity index (χ2v) is 4.30. The van der Waals surface area contributed by atoms with Crippen molar-refractivity contribution in [3.8, 4) is 5.75 Å². The van der Waals surface area contributed by atoms with Crippen molar-refractivity contribution in [1.82, 2.24) is 0 Å². The van der Waals surface area contributed by atoms with E-state index in [1.165, 1.54) is 5.56 Å². The van der Waals surface area contributed by atoms with Crippen LogP contribution in [0, 0.1) is 0 Å². The highest BCUT2D eigenvalue weighted by Crippen LogP contribution is 2.33. The maximum atomic E-state index is 9.68. The summed E-state index contributed by atoms with van der Waals surface area (Å²) in [5.74, 6) is 0.859. The molecule has 16 heavy (non-hydrogen) atoms. The van der Waals surface area contributed by atoms with Crippen LogP contribution in [0.1, 0.15) is 30.6 Å². The van der Waals surface area contributed by atoms with Crippen LogP contribution in [-0.4, -0.2) is 24.9 Å². The second-order valence-electron chi connectivity index (χ2n) is 4.30. The molecule has 0 saturated carbocycles. The normalized spacial score (nSPS) is 20.6. The lowest BCUT2D eigenvalue weighted by atomic mass is 10.1. The molecule has 0 amide bonds. The highest BCUT2D eigenvalue weighted by atomic mass is 16.5. The van der Waals surface area contributed by atoms with Gasteiger partial charge in [0.1, 0.15) is 11.9 Å². The Bertz CT molecular complexity index is 362. The molecule has 0 heterocycles. The van der Waals surface area contributed by atoms with Gasteiger partial charge in [0.15, 0.2) is 0 Å². The van der Waals surface area contributed by atoms with Gasteiger partial charge in [-0.1, -0.05) is 6.07 Å². The summed E-state index contributed by atoms with van der Waals surface area (Å²) in [7, 11) is 1.67. The third-order valence-corrected chi connectivity index (χ3v) is 2.90. The van der Waals surface area contributed by atoms with Crippen molar-refractivity contribution in [1.29, 1.82) is 0 Å². The molecule has 0 bridgehead atoms. The average Bonchev–Trinajstić information content (AvgIpc) is 2.60. The zero-order valence-electron chi connectivity index (χ0n) is 9.77. The lowest BCUT2D eigenvalue weighted by Gasteiger charge is -2.14. The van der Waals surface area contributed by atoms with E-state index in [4.69, 9.17) is 9.47 Å². The van der Waals surface area contributed by atoms with E-state index in [2.05, 4.69) is 0 Å². The summed E-state index contributed by atoms with van der Waals surface area (Å²) in [6.07, 6.45) is 1.52. The van der Waals surface area contributed by atoms with E-state index < -0.39 is 0 Å². The number of aryl methyl sites for hydroxylation is 1. The molecule has 0 spiro atoms. The molecule has 1 aliphatic rings. The third kappa shape index (κ3) is 2.36. The molecule has 1 N–H and O–H groups in total. The van der Waals surface area contributed by atoms with Crippen LogP contribution in [0.3, 0.4) is 0 Å². The van der Waals surface area contributed by atoms with Gasteiger partial charge in [-0.25, -0.2) is 0 Å². The Labute approximate surface area is 96.0 Å². The molecule has 2 rings (SSSR count). The van der Waals surface area contributed by atoms with E-state index in [-0.39, 0.29) is 12.2 Å². The summed E-state index contributed by atoms with van der Waals surface area (Å²) in [6.45, 7) is 2.56. The van der Waals surface area contributed by atoms with E-state index in [1.807, 2.05) is 25.1 Å². The van der Waals surface area contributed by atoms with Crippen molar-refractivity contribution in [2.45, 2.75) is 32.0 Å². The van der Waals surface area contributed by atoms with Crippen LogP contribution < -0.4 is 4.74 Å². The van der Waals surface area contributed by atoms with Gasteiger partial charge in [-0.05, 0) is 43.0 Å². The molecule has 3 nitrogen and oxygen atoms in total. The van der Waals surface area contributed by atoms with E-state index in [0.717, 1.165) is 24.2 Å². The first kappa shape index (κ1) is 11.4. The number of benzene rings is 1. The van der Waals surface area contributed by atoms with Gasteiger partial charge in [0.25, 0.3) is 0 Å². The van der Waals surface area contributed by atoms with Gasteiger partial charge >= 0.3 is 0 Å². The van der Waals surface area contributed by atoms with Gasteiger partial charge in [-0.3, -0.25) is 0 Å². The Hall–Kier alpha value is -1.06. The third-order valence-electron chi connectivity index (χ3n) is 2.90. The molecule has 0 saturated heterocycles. The van der Waals surface area contributed by atoms with Gasteiger partial charge in [-0.15, -0.1) is 0 Å². The first-order valence-corrected chi connectivity index (χ1v) is 5.67. The minimum Gasteiger partial charge on any atom is -0.488 e. The Morgan fingerprint density at radius 2 is 2.31 bits per heavy atom. The van der Waals surface area contributed by atoms with Crippen LogP contribution in [0.5, 0.6) is 5.75 Å². The summed E-state index contributed by atoms with van der Waals surface area (Å²) in [5.41, 5.74) is 2.25. The molecular formula is C13H18O3. The highest BCUT2D eigenvalue weighted by molar-refractivity contribution is 5.39. The monoisotopic (exact) mass is 222 g/mol. The van der Waals surface area contributed by atoms with Crippen LogP contribution in [0.2, 0.25) is 0 Å². The summed E-state index contributed by atoms with van der Waals surface area (Å²) >= 11 is 0. The Morgan fingerprint density at radius 3 is 3.06 bits per heavy atom. The van der Waals surface area contributed by atoms with E-state index in [1.54, 1.807) is 7.11 Å². The van der Waals surface area contributed by atoms with Crippen molar-refractivity contribution in [2.75, 3.05) is 13.7 Å². The van der Waals surface area contributed by atoms with Crippen LogP contribution in [0.25, 0.3) is 0 Å². The van der Waals surface area contributed by atoms with Crippen LogP contribution in [-0.2, 0) is 11.2 Å². The minimum absolute atomic E-state index is 0.0503. The number of hydrogen-bond donors (Lipinski definition) is 1. The van der Waals surface area contributed by atoms with Crippen molar-refractivity contribution >= 4 is 0 Å². The number of aliphatic hydroxyl groups is 1. The molecular weight excluding hydrogens is 204 g/mol. The molecule has 3 heteroatoms. The quantitative estimate of drug-likeness (QED) is 0.847. The van der Waals surface area contributed by atoms with Gasteiger partial charge in [0.2, 0.25) is 0 Å². The molecule has 2 atom stereocenters. The fourth-order valence-electron chi connectivity index (χ4n) is 2.15. The number of aliphatic hydroxyl groups excluding tert-OH is 1. The predicted octanol–water partition coefficient (Wildman–Crippen LogP) is 2.08. The summed E-state index contributed by atoms with van der Waals surface area (Å²) in [5, 5.41) is 9.68. The first-order chi connectivity index (χ1) is 7.70. The zero-order valence-corrected chi connectivity index (χ0v) is 9.77. The maximum Gasteiger partial charge on any atom is 0.120 e. The fourth-order valence-corrected chi connectivity index (χ4v) is 2.15. The maximum absolute atomic E-state index is 9.68. The highest BCUT2D eigenvalue weighted by Gasteiger charge is 2.20. The molecule has 0 radical (unpaired) electrons. The Kier molecular flexibility index (Phi) is 3.46. The second kappa shape index (κ2) is 4.85. The van der Waals surface area contributed by atoms with Crippen molar-refractivity contribution < 1.29 is 14.6 Å². The topological polar surface area (TPSA) is 38.7 Å². The molecule has 2 unspecified atom stereocenters. The number of ether oxygens (including phenoxy) is 2. The zero-order chi connectivity index (χ0) is 11.5. The molecule has 88 valence electrons. The lowest BCUT2D eigenvalue weighted by molar-refractivity contribution is 0.0920. The molecule has 0 aliphatic heterocycles. The Balaban J connectivity index is 2.07. The number of methoxy groups -OCH3 is 1. The summed E-state index contributed by atoms with van der Waals surface area (Å²) in [6, 6.07) is 5.90. The van der Waals surface area contributed by atoms with Gasteiger partial charge in [0.05, 0.1) is 12.7 Å². The van der Waals surface area contributed by atoms with Crippen LogP contribution in [0.15, 0.2) is 18.2 Å². The van der Waals surface area contributed by atoms with Crippen LogP contribution in [0.4, 0.5) is 0 Å². The number of rotatable bonds is 4. The molecule has 0 aromatic heterocycles. The molecule has 1 aliphatic carbocycles. The first-order valence-electron chi connectivity index (χ1n) is 5.67. The predicted molar refractivity (Wildman–Crippen MR) is 61.7 cm³/mol. The van der Waals surface area contributed by atoms with E-state index in [9.17, 15) is 5.11 Å². The minimum atomic E-state index is -0.291. The van der Waals surface area contributed by atoms with Gasteiger partial charge in [0, 0.05) is 7.11 Å². The van der Waals surface area contributed by atoms with Crippen molar-refractivity contribution in [3.63, 3.8) is 0 Å². The van der Waals surface area contributed by atoms with Gasteiger partial charge < -0.3 is 14.6 Å². The standard InChI is InChI=1S/C13H18O3/c1-9(8-15-2)16-11-4-5-12-10(7-11)3-6-13(12)14/h4-5,7,9,13-14H,3,6,8H2,1-2H3. The van der Waals surface area contributed by atoms with E-state index in [0.29, 0.717) is 6.61 Å². The lowest BCUT2D eigenvalue weighted by Crippen LogP contribution is -2.17. The molecule has 0 fully saturated rings. The van der Waals surface area contributed by atoms with Crippen molar-refractivity contribution in [2.24, 2.45) is 0 Å². The Morgan fingerprint density at radius 1 is 1.50 bits per heavy atom. The number of fused-ring (bicyclic) bond motifs is 1. The van der Waals surface area contributed by atoms with Gasteiger partial charge in [-0.2, -0.15) is 0 Å². The van der Waals surface area contributed by atoms with E-state index >= 15 is 0 Å². The summed E-state index contributed by atoms with van der Waals surface area (Å²) in [4.78, 5) is 0. The molecule has 1 aromatic carbocycles. The summed E-state index contributed by atoms with van der Waals surface area (Å²) < 4.78 is 10.7. The largest absolute Gasteiger partial charge is 0.488 e. The molecule has 1 aromatic rings.